The second-order valence-corrected chi connectivity index (χ2v) is 11.2. The molecule has 1 atom stereocenters. The fourth-order valence-electron chi connectivity index (χ4n) is 3.70. The van der Waals surface area contributed by atoms with E-state index in [1.807, 2.05) is 6.92 Å². The number of carbonyl (C=O) groups is 2. The lowest BCUT2D eigenvalue weighted by Crippen LogP contribution is -2.51. The summed E-state index contributed by atoms with van der Waals surface area (Å²) in [5, 5.41) is 3.48. The zero-order valence-electron chi connectivity index (χ0n) is 20.8. The first kappa shape index (κ1) is 28.5. The Labute approximate surface area is 228 Å². The molecule has 0 aliphatic rings. The predicted octanol–water partition coefficient (Wildman–Crippen LogP) is 5.05. The summed E-state index contributed by atoms with van der Waals surface area (Å²) in [5.41, 5.74) is 1.80. The molecule has 0 spiro atoms. The minimum atomic E-state index is -4.10. The van der Waals surface area contributed by atoms with Crippen molar-refractivity contribution in [3.8, 4) is 0 Å². The van der Waals surface area contributed by atoms with Gasteiger partial charge in [-0.25, -0.2) is 8.42 Å². The van der Waals surface area contributed by atoms with Gasteiger partial charge >= 0.3 is 0 Å². The molecule has 7 nitrogen and oxygen atoms in total. The molecule has 10 heteroatoms. The highest BCUT2D eigenvalue weighted by Crippen LogP contribution is 2.26. The number of likely N-dealkylation sites (N-methyl/N-ethyl adjacent to an activating group) is 1. The van der Waals surface area contributed by atoms with Gasteiger partial charge in [0.15, 0.2) is 0 Å². The number of para-hydroxylation sites is 1. The molecule has 0 radical (unpaired) electrons. The summed E-state index contributed by atoms with van der Waals surface area (Å²) in [6.45, 7) is 5.07. The Morgan fingerprint density at radius 2 is 1.62 bits per heavy atom. The van der Waals surface area contributed by atoms with E-state index < -0.39 is 28.5 Å². The lowest BCUT2D eigenvalue weighted by Gasteiger charge is -2.32. The molecule has 37 heavy (non-hydrogen) atoms. The van der Waals surface area contributed by atoms with E-state index in [4.69, 9.17) is 23.2 Å². The molecule has 0 saturated heterocycles. The molecule has 0 bridgehead atoms. The van der Waals surface area contributed by atoms with Crippen LogP contribution in [0.4, 0.5) is 5.69 Å². The van der Waals surface area contributed by atoms with Gasteiger partial charge in [0.25, 0.3) is 10.0 Å². The number of halogens is 2. The number of amides is 2. The van der Waals surface area contributed by atoms with Gasteiger partial charge in [0.2, 0.25) is 11.8 Å². The fraction of sp³-hybridized carbons (Fsp3) is 0.259. The van der Waals surface area contributed by atoms with Crippen molar-refractivity contribution < 1.29 is 18.0 Å². The highest BCUT2D eigenvalue weighted by Gasteiger charge is 2.32. The van der Waals surface area contributed by atoms with Gasteiger partial charge in [-0.1, -0.05) is 65.2 Å². The number of anilines is 1. The van der Waals surface area contributed by atoms with Crippen LogP contribution in [-0.2, 0) is 26.2 Å². The molecule has 3 aromatic carbocycles. The molecule has 0 aliphatic carbocycles. The largest absolute Gasteiger partial charge is 0.355 e. The Kier molecular flexibility index (Phi) is 9.59. The first-order chi connectivity index (χ1) is 17.5. The van der Waals surface area contributed by atoms with Crippen molar-refractivity contribution in [3.63, 3.8) is 0 Å². The van der Waals surface area contributed by atoms with E-state index in [0.29, 0.717) is 27.8 Å². The van der Waals surface area contributed by atoms with Gasteiger partial charge in [-0.05, 0) is 62.7 Å². The number of carbonyl (C=O) groups excluding carboxylic acids is 2. The highest BCUT2D eigenvalue weighted by molar-refractivity contribution is 7.92. The van der Waals surface area contributed by atoms with Gasteiger partial charge in [-0.15, -0.1) is 0 Å². The summed E-state index contributed by atoms with van der Waals surface area (Å²) in [7, 11) is -4.10. The molecule has 0 fully saturated rings. The van der Waals surface area contributed by atoms with Crippen LogP contribution in [0.25, 0.3) is 0 Å². The zero-order chi connectivity index (χ0) is 27.2. The number of aryl methyl sites for hydroxylation is 1. The smallest absolute Gasteiger partial charge is 0.264 e. The summed E-state index contributed by atoms with van der Waals surface area (Å²) in [4.78, 5) is 27.9. The number of hydrogen-bond acceptors (Lipinski definition) is 4. The topological polar surface area (TPSA) is 86.8 Å². The molecular formula is C27H29Cl2N3O4S. The summed E-state index contributed by atoms with van der Waals surface area (Å²) < 4.78 is 28.5. The summed E-state index contributed by atoms with van der Waals surface area (Å²) >= 11 is 12.4. The minimum absolute atomic E-state index is 0.0135. The van der Waals surface area contributed by atoms with Crippen LogP contribution in [0.15, 0.2) is 77.7 Å². The third-order valence-corrected chi connectivity index (χ3v) is 8.18. The second kappa shape index (κ2) is 12.4. The molecular weight excluding hydrogens is 533 g/mol. The van der Waals surface area contributed by atoms with Crippen molar-refractivity contribution in [1.82, 2.24) is 10.2 Å². The Morgan fingerprint density at radius 1 is 0.973 bits per heavy atom. The predicted molar refractivity (Wildman–Crippen MR) is 147 cm³/mol. The molecule has 3 rings (SSSR count). The normalized spacial score (nSPS) is 12.0. The maximum atomic E-state index is 13.8. The Morgan fingerprint density at radius 3 is 2.22 bits per heavy atom. The number of nitrogens with zero attached hydrogens (tertiary/aromatic N) is 2. The monoisotopic (exact) mass is 561 g/mol. The van der Waals surface area contributed by atoms with E-state index in [1.165, 1.54) is 17.0 Å². The van der Waals surface area contributed by atoms with Crippen molar-refractivity contribution in [2.75, 3.05) is 17.4 Å². The van der Waals surface area contributed by atoms with E-state index in [-0.39, 0.29) is 17.3 Å². The summed E-state index contributed by atoms with van der Waals surface area (Å²) in [5.74, 6) is -0.933. The van der Waals surface area contributed by atoms with Crippen LogP contribution in [0.3, 0.4) is 0 Å². The van der Waals surface area contributed by atoms with Crippen molar-refractivity contribution in [2.45, 2.75) is 38.3 Å². The van der Waals surface area contributed by atoms with E-state index in [2.05, 4.69) is 5.32 Å². The fourth-order valence-corrected chi connectivity index (χ4v) is 5.58. The first-order valence-corrected chi connectivity index (χ1v) is 13.9. The summed E-state index contributed by atoms with van der Waals surface area (Å²) in [6.07, 6.45) is 0. The van der Waals surface area contributed by atoms with Crippen LogP contribution in [0, 0.1) is 6.92 Å². The molecule has 0 aliphatic heterocycles. The Hall–Kier alpha value is -3.07. The van der Waals surface area contributed by atoms with Gasteiger partial charge in [0.1, 0.15) is 12.6 Å². The molecule has 0 unspecified atom stereocenters. The Balaban J connectivity index is 2.02. The van der Waals surface area contributed by atoms with Crippen LogP contribution < -0.4 is 9.62 Å². The second-order valence-electron chi connectivity index (χ2n) is 8.49. The molecule has 0 saturated carbocycles. The van der Waals surface area contributed by atoms with Crippen molar-refractivity contribution >= 4 is 50.7 Å². The Bertz CT molecular complexity index is 1350. The van der Waals surface area contributed by atoms with E-state index in [1.54, 1.807) is 74.5 Å². The van der Waals surface area contributed by atoms with Gasteiger partial charge in [0.05, 0.1) is 10.6 Å². The molecule has 1 N–H and O–H groups in total. The third-order valence-electron chi connectivity index (χ3n) is 5.81. The molecule has 0 heterocycles. The molecule has 0 aromatic heterocycles. The number of sulfonamides is 1. The molecule has 3 aromatic rings. The maximum Gasteiger partial charge on any atom is 0.264 e. The van der Waals surface area contributed by atoms with Crippen molar-refractivity contribution in [2.24, 2.45) is 0 Å². The number of nitrogens with one attached hydrogen (secondary N) is 1. The highest BCUT2D eigenvalue weighted by atomic mass is 35.5. The van der Waals surface area contributed by atoms with Crippen molar-refractivity contribution in [3.05, 3.63) is 94.0 Å². The van der Waals surface area contributed by atoms with Crippen molar-refractivity contribution in [1.29, 1.82) is 0 Å². The van der Waals surface area contributed by atoms with Crippen LogP contribution >= 0.6 is 23.2 Å². The van der Waals surface area contributed by atoms with E-state index in [9.17, 15) is 18.0 Å². The van der Waals surface area contributed by atoms with Crippen LogP contribution in [0.1, 0.15) is 25.0 Å². The average molecular weight is 563 g/mol. The lowest BCUT2D eigenvalue weighted by molar-refractivity contribution is -0.139. The van der Waals surface area contributed by atoms with E-state index in [0.717, 1.165) is 9.87 Å². The standard InChI is InChI=1S/C27H29Cl2N3O4S/c1-4-30-27(34)20(3)31(17-21-12-13-22(28)16-25(21)29)26(33)18-32(23-8-6-5-7-9-23)37(35,36)24-14-10-19(2)11-15-24/h5-16,20H,4,17-18H2,1-3H3,(H,30,34)/t20-/m1/s1. The molecule has 196 valence electrons. The van der Waals surface area contributed by atoms with Gasteiger partial charge in [-0.3, -0.25) is 13.9 Å². The van der Waals surface area contributed by atoms with E-state index >= 15 is 0 Å². The number of benzene rings is 3. The number of hydrogen-bond donors (Lipinski definition) is 1. The van der Waals surface area contributed by atoms with Gasteiger partial charge < -0.3 is 10.2 Å². The minimum Gasteiger partial charge on any atom is -0.355 e. The van der Waals surface area contributed by atoms with Gasteiger partial charge in [-0.2, -0.15) is 0 Å². The summed E-state index contributed by atoms with van der Waals surface area (Å²) in [6, 6.07) is 18.8. The SMILES string of the molecule is CCNC(=O)[C@@H](C)N(Cc1ccc(Cl)cc1Cl)C(=O)CN(c1ccccc1)S(=O)(=O)c1ccc(C)cc1. The average Bonchev–Trinajstić information content (AvgIpc) is 2.87. The maximum absolute atomic E-state index is 13.8. The van der Waals surface area contributed by atoms with Crippen LogP contribution in [0.5, 0.6) is 0 Å². The lowest BCUT2D eigenvalue weighted by atomic mass is 10.1. The van der Waals surface area contributed by atoms with Crippen LogP contribution in [-0.4, -0.2) is 44.3 Å². The first-order valence-electron chi connectivity index (χ1n) is 11.7. The molecule has 2 amide bonds. The van der Waals surface area contributed by atoms with Crippen LogP contribution in [0.2, 0.25) is 10.0 Å². The quantitative estimate of drug-likeness (QED) is 0.375. The zero-order valence-corrected chi connectivity index (χ0v) is 23.1. The third kappa shape index (κ3) is 7.03. The number of rotatable bonds is 10. The van der Waals surface area contributed by atoms with Gasteiger partial charge in [0, 0.05) is 23.1 Å².